The summed E-state index contributed by atoms with van der Waals surface area (Å²) in [7, 11) is 0. The van der Waals surface area contributed by atoms with E-state index in [9.17, 15) is 0 Å². The van der Waals surface area contributed by atoms with Crippen LogP contribution in [0.3, 0.4) is 0 Å². The first kappa shape index (κ1) is 30.0. The van der Waals surface area contributed by atoms with E-state index in [1.54, 1.807) is 0 Å². The van der Waals surface area contributed by atoms with Gasteiger partial charge in [-0.25, -0.2) is 0 Å². The molecule has 0 atom stereocenters. The van der Waals surface area contributed by atoms with E-state index in [1.165, 1.54) is 33.4 Å². The fraction of sp³-hybridized carbons (Fsp3) is 0.0667. The van der Waals surface area contributed by atoms with Crippen molar-refractivity contribution < 1.29 is 0 Å². The topological polar surface area (TPSA) is 6.48 Å². The van der Waals surface area contributed by atoms with Gasteiger partial charge in [-0.1, -0.05) is 121 Å². The van der Waals surface area contributed by atoms with Crippen molar-refractivity contribution in [2.45, 2.75) is 19.3 Å². The number of benzene rings is 7. The summed E-state index contributed by atoms with van der Waals surface area (Å²) in [5.41, 5.74) is 14.4. The predicted octanol–water partition coefficient (Wildman–Crippen LogP) is 13.4. The van der Waals surface area contributed by atoms with Gasteiger partial charge in [0.1, 0.15) is 0 Å². The third-order valence-electron chi connectivity index (χ3n) is 9.52. The number of anilines is 6. The second-order valence-electron chi connectivity index (χ2n) is 12.8. The summed E-state index contributed by atoms with van der Waals surface area (Å²) in [6.07, 6.45) is 0. The van der Waals surface area contributed by atoms with Crippen molar-refractivity contribution in [3.05, 3.63) is 192 Å². The lowest BCUT2D eigenvalue weighted by Gasteiger charge is -2.29. The van der Waals surface area contributed by atoms with Gasteiger partial charge in [0.15, 0.2) is 0 Å². The maximum Gasteiger partial charge on any atom is 0.0465 e. The van der Waals surface area contributed by atoms with Crippen molar-refractivity contribution in [2.24, 2.45) is 0 Å². The summed E-state index contributed by atoms with van der Waals surface area (Å²) in [5.74, 6) is 0. The van der Waals surface area contributed by atoms with Crippen LogP contribution in [0.15, 0.2) is 180 Å². The quantitative estimate of drug-likeness (QED) is 0.165. The predicted molar refractivity (Wildman–Crippen MR) is 207 cm³/mol. The normalized spacial score (nSPS) is 12.6. The van der Waals surface area contributed by atoms with Crippen molar-refractivity contribution in [2.75, 3.05) is 9.80 Å². The highest BCUT2D eigenvalue weighted by Crippen LogP contribution is 2.50. The molecule has 0 N–H and O–H groups in total. The average molecular weight is 684 g/mol. The molecule has 48 heavy (non-hydrogen) atoms. The molecule has 7 aromatic rings. The summed E-state index contributed by atoms with van der Waals surface area (Å²) in [6, 6.07) is 63.3. The molecule has 1 aliphatic carbocycles. The molecule has 0 spiro atoms. The van der Waals surface area contributed by atoms with Crippen LogP contribution < -0.4 is 9.80 Å². The van der Waals surface area contributed by atoms with Crippen LogP contribution in [-0.4, -0.2) is 0 Å². The molecule has 0 aromatic heterocycles. The molecular weight excluding hydrogens is 648 g/mol. The molecule has 0 heterocycles. The van der Waals surface area contributed by atoms with Crippen molar-refractivity contribution >= 4 is 50.1 Å². The minimum absolute atomic E-state index is 0.0885. The van der Waals surface area contributed by atoms with Crippen LogP contribution in [0.1, 0.15) is 25.0 Å². The van der Waals surface area contributed by atoms with Gasteiger partial charge in [-0.2, -0.15) is 0 Å². The molecule has 0 amide bonds. The van der Waals surface area contributed by atoms with Crippen LogP contribution in [0, 0.1) is 0 Å². The summed E-state index contributed by atoms with van der Waals surface area (Å²) in [4.78, 5) is 4.68. The first-order valence-corrected chi connectivity index (χ1v) is 17.2. The Morgan fingerprint density at radius 2 is 0.771 bits per heavy atom. The fourth-order valence-electron chi connectivity index (χ4n) is 7.08. The average Bonchev–Trinajstić information content (AvgIpc) is 3.36. The first-order valence-electron chi connectivity index (χ1n) is 16.4. The van der Waals surface area contributed by atoms with Crippen LogP contribution in [0.25, 0.3) is 22.3 Å². The second kappa shape index (κ2) is 12.3. The molecule has 1 aliphatic rings. The zero-order valence-corrected chi connectivity index (χ0v) is 28.6. The number of fused-ring (bicyclic) bond motifs is 3. The molecule has 0 radical (unpaired) electrons. The van der Waals surface area contributed by atoms with Crippen LogP contribution >= 0.6 is 15.9 Å². The third kappa shape index (κ3) is 5.40. The number of hydrogen-bond acceptors (Lipinski definition) is 2. The van der Waals surface area contributed by atoms with Crippen molar-refractivity contribution in [1.29, 1.82) is 0 Å². The van der Waals surface area contributed by atoms with Crippen LogP contribution in [-0.2, 0) is 5.41 Å². The van der Waals surface area contributed by atoms with Crippen LogP contribution in [0.5, 0.6) is 0 Å². The highest BCUT2D eigenvalue weighted by Gasteiger charge is 2.35. The summed E-state index contributed by atoms with van der Waals surface area (Å²) < 4.78 is 1.08. The van der Waals surface area contributed by atoms with E-state index < -0.39 is 0 Å². The lowest BCUT2D eigenvalue weighted by atomic mass is 9.82. The van der Waals surface area contributed by atoms with Gasteiger partial charge in [-0.15, -0.1) is 0 Å². The molecule has 2 nitrogen and oxygen atoms in total. The standard InChI is InChI=1S/C45H35BrN2/c1-45(2)43-16-10-9-15-41(43)42-30-29-40(31-44(42)45)48(37-23-19-33(20-24-37)32-17-21-34(46)22-18-32)39-27-25-38(26-28-39)47(35-11-5-3-6-12-35)36-13-7-4-8-14-36/h3-31H,1-2H3. The molecule has 0 aliphatic heterocycles. The summed E-state index contributed by atoms with van der Waals surface area (Å²) >= 11 is 3.57. The molecular formula is C45H35BrN2. The molecule has 0 fully saturated rings. The van der Waals surface area contributed by atoms with E-state index in [1.807, 2.05) is 0 Å². The lowest BCUT2D eigenvalue weighted by molar-refractivity contribution is 0.660. The van der Waals surface area contributed by atoms with Crippen molar-refractivity contribution in [3.8, 4) is 22.3 Å². The third-order valence-corrected chi connectivity index (χ3v) is 10.1. The van der Waals surface area contributed by atoms with E-state index in [0.717, 1.165) is 38.6 Å². The fourth-order valence-corrected chi connectivity index (χ4v) is 7.34. The van der Waals surface area contributed by atoms with E-state index in [2.05, 4.69) is 216 Å². The van der Waals surface area contributed by atoms with Crippen LogP contribution in [0.4, 0.5) is 34.1 Å². The van der Waals surface area contributed by atoms with Gasteiger partial charge in [-0.3, -0.25) is 0 Å². The van der Waals surface area contributed by atoms with E-state index >= 15 is 0 Å². The molecule has 0 unspecified atom stereocenters. The first-order chi connectivity index (χ1) is 23.5. The largest absolute Gasteiger partial charge is 0.311 e. The number of hydrogen-bond donors (Lipinski definition) is 0. The highest BCUT2D eigenvalue weighted by molar-refractivity contribution is 9.10. The van der Waals surface area contributed by atoms with Gasteiger partial charge in [0.2, 0.25) is 0 Å². The Kier molecular flexibility index (Phi) is 7.70. The van der Waals surface area contributed by atoms with E-state index in [-0.39, 0.29) is 5.41 Å². The molecule has 0 saturated carbocycles. The van der Waals surface area contributed by atoms with Gasteiger partial charge in [0.05, 0.1) is 0 Å². The second-order valence-corrected chi connectivity index (χ2v) is 13.7. The highest BCUT2D eigenvalue weighted by atomic mass is 79.9. The smallest absolute Gasteiger partial charge is 0.0465 e. The Hall–Kier alpha value is -5.38. The Bertz CT molecular complexity index is 2150. The van der Waals surface area contributed by atoms with E-state index in [4.69, 9.17) is 0 Å². The number of nitrogens with zero attached hydrogens (tertiary/aromatic N) is 2. The Morgan fingerprint density at radius 1 is 0.375 bits per heavy atom. The molecule has 232 valence electrons. The SMILES string of the molecule is CC1(C)c2ccccc2-c2ccc(N(c3ccc(-c4ccc(Br)cc4)cc3)c3ccc(N(c4ccccc4)c4ccccc4)cc3)cc21. The van der Waals surface area contributed by atoms with Gasteiger partial charge in [-0.05, 0) is 118 Å². The summed E-state index contributed by atoms with van der Waals surface area (Å²) in [6.45, 7) is 4.69. The number of para-hydroxylation sites is 2. The number of rotatable bonds is 7. The van der Waals surface area contributed by atoms with Gasteiger partial charge < -0.3 is 9.80 Å². The van der Waals surface area contributed by atoms with Crippen molar-refractivity contribution in [1.82, 2.24) is 0 Å². The Morgan fingerprint density at radius 3 is 1.33 bits per heavy atom. The maximum absolute atomic E-state index is 3.57. The van der Waals surface area contributed by atoms with Crippen LogP contribution in [0.2, 0.25) is 0 Å². The minimum Gasteiger partial charge on any atom is -0.311 e. The zero-order valence-electron chi connectivity index (χ0n) is 27.0. The molecule has 3 heteroatoms. The van der Waals surface area contributed by atoms with E-state index in [0.29, 0.717) is 0 Å². The van der Waals surface area contributed by atoms with Gasteiger partial charge >= 0.3 is 0 Å². The number of halogens is 1. The summed E-state index contributed by atoms with van der Waals surface area (Å²) in [5, 5.41) is 0. The van der Waals surface area contributed by atoms with Gasteiger partial charge in [0, 0.05) is 44.0 Å². The van der Waals surface area contributed by atoms with Gasteiger partial charge in [0.25, 0.3) is 0 Å². The molecule has 7 aromatic carbocycles. The van der Waals surface area contributed by atoms with Crippen molar-refractivity contribution in [3.63, 3.8) is 0 Å². The zero-order chi connectivity index (χ0) is 32.7. The molecule has 0 bridgehead atoms. The molecule has 0 saturated heterocycles. The monoisotopic (exact) mass is 682 g/mol. The molecule has 8 rings (SSSR count). The Balaban J connectivity index is 1.23. The minimum atomic E-state index is -0.0885. The maximum atomic E-state index is 3.57. The lowest BCUT2D eigenvalue weighted by Crippen LogP contribution is -2.16. The Labute approximate surface area is 291 Å².